The number of rotatable bonds is 7. The normalized spacial score (nSPS) is 18.4. The second-order valence-electron chi connectivity index (χ2n) is 9.36. The van der Waals surface area contributed by atoms with Gasteiger partial charge in [0.05, 0.1) is 16.6 Å². The first-order valence-electron chi connectivity index (χ1n) is 12.2. The van der Waals surface area contributed by atoms with Crippen LogP contribution in [-0.4, -0.2) is 33.0 Å². The van der Waals surface area contributed by atoms with Crippen molar-refractivity contribution in [3.05, 3.63) is 53.6 Å². The van der Waals surface area contributed by atoms with Crippen LogP contribution < -0.4 is 10.6 Å². The van der Waals surface area contributed by atoms with Crippen LogP contribution in [0.15, 0.2) is 36.7 Å². The smallest absolute Gasteiger partial charge is 0.253 e. The highest BCUT2D eigenvalue weighted by atomic mass is 16.5. The van der Waals surface area contributed by atoms with E-state index in [1.54, 1.807) is 18.5 Å². The van der Waals surface area contributed by atoms with Crippen molar-refractivity contribution in [1.29, 1.82) is 0 Å². The van der Waals surface area contributed by atoms with Gasteiger partial charge in [-0.3, -0.25) is 14.6 Å². The molecule has 2 aromatic heterocycles. The monoisotopic (exact) mass is 461 g/mol. The number of hydrogen-bond acceptors (Lipinski definition) is 5. The number of carbonyl (C=O) groups excluding carboxylic acids is 2. The summed E-state index contributed by atoms with van der Waals surface area (Å²) in [6.07, 6.45) is 10.4. The van der Waals surface area contributed by atoms with Crippen molar-refractivity contribution in [3.8, 4) is 0 Å². The topological polar surface area (TPSA) is 98.1 Å². The lowest BCUT2D eigenvalue weighted by Crippen LogP contribution is -2.24. The summed E-state index contributed by atoms with van der Waals surface area (Å²) >= 11 is 0. The molecule has 3 heterocycles. The zero-order valence-corrected chi connectivity index (χ0v) is 19.5. The number of nitrogens with zero attached hydrogens (tertiary/aromatic N) is 3. The number of ether oxygens (including phenoxy) is 1. The number of imidazole rings is 1. The summed E-state index contributed by atoms with van der Waals surface area (Å²) in [6.45, 7) is 1.10. The highest BCUT2D eigenvalue weighted by molar-refractivity contribution is 6.07. The molecule has 5 rings (SSSR count). The molecule has 1 saturated heterocycles. The molecular weight excluding hydrogens is 430 g/mol. The molecule has 3 aromatic rings. The number of benzene rings is 1. The molecule has 178 valence electrons. The van der Waals surface area contributed by atoms with E-state index in [9.17, 15) is 9.59 Å². The second kappa shape index (κ2) is 9.93. The second-order valence-corrected chi connectivity index (χ2v) is 9.36. The van der Waals surface area contributed by atoms with Gasteiger partial charge in [-0.2, -0.15) is 0 Å². The predicted molar refractivity (Wildman–Crippen MR) is 129 cm³/mol. The minimum Gasteiger partial charge on any atom is -0.370 e. The fourth-order valence-electron chi connectivity index (χ4n) is 5.15. The first kappa shape index (κ1) is 22.5. The van der Waals surface area contributed by atoms with Gasteiger partial charge in [-0.05, 0) is 61.4 Å². The van der Waals surface area contributed by atoms with Crippen molar-refractivity contribution in [2.75, 3.05) is 11.9 Å². The number of anilines is 1. The van der Waals surface area contributed by atoms with Crippen LogP contribution in [0.5, 0.6) is 0 Å². The van der Waals surface area contributed by atoms with Gasteiger partial charge in [-0.1, -0.05) is 12.8 Å². The van der Waals surface area contributed by atoms with Crippen LogP contribution in [0.2, 0.25) is 0 Å². The predicted octanol–water partition coefficient (Wildman–Crippen LogP) is 4.27. The van der Waals surface area contributed by atoms with E-state index >= 15 is 0 Å². The molecular formula is C26H31N5O3. The summed E-state index contributed by atoms with van der Waals surface area (Å²) in [5.41, 5.74) is 3.47. The van der Waals surface area contributed by atoms with Crippen molar-refractivity contribution in [3.63, 3.8) is 0 Å². The van der Waals surface area contributed by atoms with Gasteiger partial charge < -0.3 is 19.9 Å². The van der Waals surface area contributed by atoms with Crippen LogP contribution in [0.1, 0.15) is 72.8 Å². The van der Waals surface area contributed by atoms with Gasteiger partial charge >= 0.3 is 0 Å². The van der Waals surface area contributed by atoms with Gasteiger partial charge in [0, 0.05) is 44.7 Å². The summed E-state index contributed by atoms with van der Waals surface area (Å²) in [5.74, 6) is 1.04. The molecule has 1 saturated carbocycles. The Morgan fingerprint density at radius 2 is 1.91 bits per heavy atom. The maximum absolute atomic E-state index is 13.3. The molecule has 8 heteroatoms. The molecule has 0 spiro atoms. The Balaban J connectivity index is 1.45. The largest absolute Gasteiger partial charge is 0.370 e. The Bertz CT molecular complexity index is 1180. The van der Waals surface area contributed by atoms with Crippen molar-refractivity contribution < 1.29 is 14.3 Å². The van der Waals surface area contributed by atoms with Crippen molar-refractivity contribution >= 4 is 28.5 Å². The maximum atomic E-state index is 13.3. The molecule has 2 amide bonds. The molecule has 2 fully saturated rings. The number of carbonyl (C=O) groups is 2. The molecule has 34 heavy (non-hydrogen) atoms. The number of nitrogens with one attached hydrogen (secondary N) is 2. The SMILES string of the molecule is Cn1c([C@H]2CCCO2)nc2cc(NC(=O)CC3CCCC3)cc(C(=O)NCc3ccncc3)c21. The third kappa shape index (κ3) is 4.82. The number of aromatic nitrogens is 3. The summed E-state index contributed by atoms with van der Waals surface area (Å²) in [7, 11) is 1.92. The fraction of sp³-hybridized carbons (Fsp3) is 0.462. The minimum atomic E-state index is -0.212. The first-order chi connectivity index (χ1) is 16.6. The summed E-state index contributed by atoms with van der Waals surface area (Å²) in [4.78, 5) is 34.9. The molecule has 1 aliphatic carbocycles. The third-order valence-corrected chi connectivity index (χ3v) is 6.90. The Hall–Kier alpha value is -3.26. The van der Waals surface area contributed by atoms with Crippen molar-refractivity contribution in [2.45, 2.75) is 57.6 Å². The highest BCUT2D eigenvalue weighted by Gasteiger charge is 2.26. The summed E-state index contributed by atoms with van der Waals surface area (Å²) in [5, 5.41) is 6.02. The van der Waals surface area contributed by atoms with Crippen LogP contribution in [0.25, 0.3) is 11.0 Å². The zero-order valence-electron chi connectivity index (χ0n) is 19.5. The standard InChI is InChI=1S/C26H31N5O3/c1-31-24-20(26(33)28-16-18-8-10-27-11-9-18)14-19(29-23(32)13-17-5-2-3-6-17)15-21(24)30-25(31)22-7-4-12-34-22/h8-11,14-15,17,22H,2-7,12-13,16H2,1H3,(H,28,33)(H,29,32)/t22-/m1/s1. The van der Waals surface area contributed by atoms with Gasteiger partial charge in [0.15, 0.2) is 0 Å². The molecule has 8 nitrogen and oxygen atoms in total. The molecule has 1 aliphatic heterocycles. The number of amides is 2. The number of hydrogen-bond donors (Lipinski definition) is 2. The molecule has 1 aromatic carbocycles. The number of aryl methyl sites for hydroxylation is 1. The summed E-state index contributed by atoms with van der Waals surface area (Å²) < 4.78 is 7.82. The van der Waals surface area contributed by atoms with Crippen LogP contribution in [0.4, 0.5) is 5.69 Å². The van der Waals surface area contributed by atoms with E-state index < -0.39 is 0 Å². The van der Waals surface area contributed by atoms with Gasteiger partial charge in [0.1, 0.15) is 11.9 Å². The zero-order chi connectivity index (χ0) is 23.5. The lowest BCUT2D eigenvalue weighted by Gasteiger charge is -2.13. The Kier molecular flexibility index (Phi) is 6.58. The van der Waals surface area contributed by atoms with Gasteiger partial charge in [-0.15, -0.1) is 0 Å². The molecule has 0 bridgehead atoms. The minimum absolute atomic E-state index is 0.00956. The maximum Gasteiger partial charge on any atom is 0.253 e. The molecule has 2 aliphatic rings. The van der Waals surface area contributed by atoms with E-state index in [2.05, 4.69) is 15.6 Å². The fourth-order valence-corrected chi connectivity index (χ4v) is 5.15. The highest BCUT2D eigenvalue weighted by Crippen LogP contribution is 2.33. The quantitative estimate of drug-likeness (QED) is 0.548. The van der Waals surface area contributed by atoms with Crippen LogP contribution in [0.3, 0.4) is 0 Å². The third-order valence-electron chi connectivity index (χ3n) is 6.90. The average Bonchev–Trinajstić information content (AvgIpc) is 3.60. The molecule has 0 radical (unpaired) electrons. The number of fused-ring (bicyclic) bond motifs is 1. The summed E-state index contributed by atoms with van der Waals surface area (Å²) in [6, 6.07) is 7.36. The number of pyridine rings is 1. The Labute approximate surface area is 199 Å². The van der Waals surface area contributed by atoms with Crippen molar-refractivity contribution in [1.82, 2.24) is 19.9 Å². The lowest BCUT2D eigenvalue weighted by atomic mass is 10.0. The van der Waals surface area contributed by atoms with E-state index in [0.29, 0.717) is 35.7 Å². The average molecular weight is 462 g/mol. The van der Waals surface area contributed by atoms with Crippen LogP contribution >= 0.6 is 0 Å². The Morgan fingerprint density at radius 1 is 1.12 bits per heavy atom. The van der Waals surface area contributed by atoms with E-state index in [-0.39, 0.29) is 17.9 Å². The van der Waals surface area contributed by atoms with E-state index in [1.165, 1.54) is 12.8 Å². The van der Waals surface area contributed by atoms with Gasteiger partial charge in [0.2, 0.25) is 5.91 Å². The lowest BCUT2D eigenvalue weighted by molar-refractivity contribution is -0.117. The van der Waals surface area contributed by atoms with Gasteiger partial charge in [-0.25, -0.2) is 4.98 Å². The van der Waals surface area contributed by atoms with Crippen molar-refractivity contribution in [2.24, 2.45) is 13.0 Å². The van der Waals surface area contributed by atoms with Crippen LogP contribution in [0, 0.1) is 5.92 Å². The molecule has 0 unspecified atom stereocenters. The van der Waals surface area contributed by atoms with E-state index in [0.717, 1.165) is 49.2 Å². The molecule has 2 N–H and O–H groups in total. The van der Waals surface area contributed by atoms with Gasteiger partial charge in [0.25, 0.3) is 5.91 Å². The Morgan fingerprint density at radius 3 is 2.65 bits per heavy atom. The van der Waals surface area contributed by atoms with Crippen LogP contribution in [-0.2, 0) is 23.1 Å². The van der Waals surface area contributed by atoms with E-state index in [1.807, 2.05) is 29.8 Å². The molecule has 1 atom stereocenters. The first-order valence-corrected chi connectivity index (χ1v) is 12.2. The van der Waals surface area contributed by atoms with E-state index in [4.69, 9.17) is 9.72 Å².